The molecule has 24 heavy (non-hydrogen) atoms. The Balaban J connectivity index is 2.16. The van der Waals surface area contributed by atoms with E-state index in [0.29, 0.717) is 16.5 Å². The van der Waals surface area contributed by atoms with Gasteiger partial charge in [0.25, 0.3) is 0 Å². The third-order valence-electron chi connectivity index (χ3n) is 3.92. The molecule has 5 nitrogen and oxygen atoms in total. The normalized spacial score (nSPS) is 12.8. The molecule has 0 bridgehead atoms. The molecule has 3 aromatic rings. The number of hydrogen-bond donors (Lipinski definition) is 2. The molecule has 0 radical (unpaired) electrons. The van der Waals surface area contributed by atoms with E-state index in [-0.39, 0.29) is 18.6 Å². The average Bonchev–Trinajstić information content (AvgIpc) is 2.94. The summed E-state index contributed by atoms with van der Waals surface area (Å²) in [4.78, 5) is 9.10. The van der Waals surface area contributed by atoms with Gasteiger partial charge in [0.15, 0.2) is 11.5 Å². The van der Waals surface area contributed by atoms with Crippen LogP contribution in [0.5, 0.6) is 0 Å². The Morgan fingerprint density at radius 2 is 2.08 bits per heavy atom. The summed E-state index contributed by atoms with van der Waals surface area (Å²) >= 11 is 9.82. The molecule has 3 rings (SSSR count). The highest BCUT2D eigenvalue weighted by atomic mass is 79.9. The lowest BCUT2D eigenvalue weighted by Crippen LogP contribution is -2.30. The second kappa shape index (κ2) is 7.09. The van der Waals surface area contributed by atoms with Gasteiger partial charge in [0.2, 0.25) is 0 Å². The molecule has 0 fully saturated rings. The second-order valence-electron chi connectivity index (χ2n) is 5.91. The summed E-state index contributed by atoms with van der Waals surface area (Å²) < 4.78 is 2.73. The molecular weight excluding hydrogens is 392 g/mol. The molecule has 0 unspecified atom stereocenters. The Kier molecular flexibility index (Phi) is 5.08. The van der Waals surface area contributed by atoms with Crippen molar-refractivity contribution in [3.05, 3.63) is 46.3 Å². The molecule has 126 valence electrons. The highest BCUT2D eigenvalue weighted by molar-refractivity contribution is 9.10. The first-order chi connectivity index (χ1) is 11.5. The van der Waals surface area contributed by atoms with E-state index in [1.165, 1.54) is 0 Å². The third kappa shape index (κ3) is 3.27. The minimum atomic E-state index is -0.113. The quantitative estimate of drug-likeness (QED) is 0.661. The van der Waals surface area contributed by atoms with Crippen molar-refractivity contribution in [1.29, 1.82) is 0 Å². The zero-order chi connectivity index (χ0) is 17.3. The number of hydrogen-bond acceptors (Lipinski definition) is 4. The first kappa shape index (κ1) is 17.2. The first-order valence-corrected chi connectivity index (χ1v) is 8.84. The number of anilines is 1. The Morgan fingerprint density at radius 1 is 1.33 bits per heavy atom. The Bertz CT molecular complexity index is 865. The van der Waals surface area contributed by atoms with Crippen LogP contribution in [0.15, 0.2) is 41.3 Å². The maximum Gasteiger partial charge on any atom is 0.181 e. The molecule has 1 atom stereocenters. The lowest BCUT2D eigenvalue weighted by atomic mass is 10.1. The summed E-state index contributed by atoms with van der Waals surface area (Å²) in [5.41, 5.74) is 2.27. The van der Waals surface area contributed by atoms with Crippen LogP contribution in [0, 0.1) is 5.92 Å². The highest BCUT2D eigenvalue weighted by Crippen LogP contribution is 2.30. The lowest BCUT2D eigenvalue weighted by Gasteiger charge is -2.21. The summed E-state index contributed by atoms with van der Waals surface area (Å²) in [6.45, 7) is 4.11. The first-order valence-electron chi connectivity index (χ1n) is 7.67. The van der Waals surface area contributed by atoms with Crippen molar-refractivity contribution in [3.63, 3.8) is 0 Å². The number of aliphatic hydroxyl groups is 1. The summed E-state index contributed by atoms with van der Waals surface area (Å²) in [6.07, 6.45) is 3.62. The topological polar surface area (TPSA) is 62.5 Å². The zero-order valence-corrected chi connectivity index (χ0v) is 15.7. The van der Waals surface area contributed by atoms with E-state index in [0.717, 1.165) is 15.9 Å². The summed E-state index contributed by atoms with van der Waals surface area (Å²) in [5.74, 6) is 0.866. The summed E-state index contributed by atoms with van der Waals surface area (Å²) in [7, 11) is 0. The van der Waals surface area contributed by atoms with Crippen LogP contribution < -0.4 is 5.32 Å². The number of fused-ring (bicyclic) bond motifs is 1. The van der Waals surface area contributed by atoms with Gasteiger partial charge in [-0.1, -0.05) is 43.6 Å². The lowest BCUT2D eigenvalue weighted by molar-refractivity contribution is 0.249. The second-order valence-corrected chi connectivity index (χ2v) is 7.13. The number of nitrogens with one attached hydrogen (secondary N) is 1. The van der Waals surface area contributed by atoms with Gasteiger partial charge in [-0.25, -0.2) is 9.97 Å². The maximum absolute atomic E-state index is 9.62. The molecule has 0 aliphatic carbocycles. The van der Waals surface area contributed by atoms with Gasteiger partial charge in [-0.05, 0) is 27.9 Å². The third-order valence-corrected chi connectivity index (χ3v) is 4.84. The molecule has 1 aromatic carbocycles. The van der Waals surface area contributed by atoms with Crippen molar-refractivity contribution in [3.8, 4) is 11.3 Å². The standard InChI is InChI=1S/C17H18BrClN4O/c1-10(2)14(9-24)22-16-17-20-7-15(18)23(17)8-13(21-16)11-5-3-4-6-12(11)19/h3-8,10,14,24H,9H2,1-2H3,(H,21,22)/t14-/m0/s1. The van der Waals surface area contributed by atoms with Crippen molar-refractivity contribution in [2.24, 2.45) is 5.92 Å². The van der Waals surface area contributed by atoms with Crippen molar-refractivity contribution in [2.45, 2.75) is 19.9 Å². The maximum atomic E-state index is 9.62. The molecule has 0 spiro atoms. The molecule has 0 aliphatic rings. The fourth-order valence-corrected chi connectivity index (χ4v) is 3.06. The van der Waals surface area contributed by atoms with Gasteiger partial charge >= 0.3 is 0 Å². The van der Waals surface area contributed by atoms with Gasteiger partial charge < -0.3 is 10.4 Å². The van der Waals surface area contributed by atoms with Crippen LogP contribution in [0.2, 0.25) is 5.02 Å². The molecule has 2 aromatic heterocycles. The van der Waals surface area contributed by atoms with E-state index in [9.17, 15) is 5.11 Å². The smallest absolute Gasteiger partial charge is 0.181 e. The van der Waals surface area contributed by atoms with Crippen LogP contribution in [0.4, 0.5) is 5.82 Å². The highest BCUT2D eigenvalue weighted by Gasteiger charge is 2.18. The fraction of sp³-hybridized carbons (Fsp3) is 0.294. The summed E-state index contributed by atoms with van der Waals surface area (Å²) in [6, 6.07) is 7.46. The van der Waals surface area contributed by atoms with Crippen molar-refractivity contribution < 1.29 is 5.11 Å². The van der Waals surface area contributed by atoms with E-state index in [1.807, 2.05) is 48.7 Å². The minimum Gasteiger partial charge on any atom is -0.394 e. The summed E-state index contributed by atoms with van der Waals surface area (Å²) in [5, 5.41) is 13.6. The van der Waals surface area contributed by atoms with Crippen LogP contribution in [0.1, 0.15) is 13.8 Å². The molecule has 0 aliphatic heterocycles. The van der Waals surface area contributed by atoms with E-state index in [2.05, 4.69) is 26.2 Å². The number of halogens is 2. The number of aromatic nitrogens is 3. The molecule has 7 heteroatoms. The molecular formula is C17H18BrClN4O. The van der Waals surface area contributed by atoms with Crippen LogP contribution in [-0.2, 0) is 0 Å². The van der Waals surface area contributed by atoms with Gasteiger partial charge in [0.05, 0.1) is 29.6 Å². The van der Waals surface area contributed by atoms with Gasteiger partial charge in [-0.3, -0.25) is 4.40 Å². The van der Waals surface area contributed by atoms with Gasteiger partial charge in [-0.2, -0.15) is 0 Å². The molecule has 0 saturated carbocycles. The number of nitrogens with zero attached hydrogens (tertiary/aromatic N) is 3. The van der Waals surface area contributed by atoms with E-state index < -0.39 is 0 Å². The van der Waals surface area contributed by atoms with Crippen molar-refractivity contribution in [2.75, 3.05) is 11.9 Å². The van der Waals surface area contributed by atoms with E-state index in [4.69, 9.17) is 16.6 Å². The molecule has 0 amide bonds. The van der Waals surface area contributed by atoms with Crippen LogP contribution in [-0.4, -0.2) is 32.1 Å². The van der Waals surface area contributed by atoms with Crippen molar-refractivity contribution in [1.82, 2.24) is 14.4 Å². The predicted molar refractivity (Wildman–Crippen MR) is 100 cm³/mol. The van der Waals surface area contributed by atoms with Gasteiger partial charge in [0, 0.05) is 11.8 Å². The molecule has 0 saturated heterocycles. The van der Waals surface area contributed by atoms with Gasteiger partial charge in [-0.15, -0.1) is 0 Å². The van der Waals surface area contributed by atoms with E-state index >= 15 is 0 Å². The SMILES string of the molecule is CC(C)[C@H](CO)Nc1nc(-c2ccccc2Cl)cn2c(Br)cnc12. The van der Waals surface area contributed by atoms with Crippen LogP contribution >= 0.6 is 27.5 Å². The fourth-order valence-electron chi connectivity index (χ4n) is 2.45. The minimum absolute atomic E-state index is 0.0176. The monoisotopic (exact) mass is 408 g/mol. The zero-order valence-electron chi connectivity index (χ0n) is 13.4. The number of imidazole rings is 1. The van der Waals surface area contributed by atoms with E-state index in [1.54, 1.807) is 6.20 Å². The Morgan fingerprint density at radius 3 is 2.75 bits per heavy atom. The van der Waals surface area contributed by atoms with Crippen LogP contribution in [0.3, 0.4) is 0 Å². The average molecular weight is 410 g/mol. The largest absolute Gasteiger partial charge is 0.394 e. The van der Waals surface area contributed by atoms with Crippen LogP contribution in [0.25, 0.3) is 16.9 Å². The molecule has 2 heterocycles. The predicted octanol–water partition coefficient (Wildman–Crippen LogP) is 4.24. The Hall–Kier alpha value is -1.63. The number of aliphatic hydroxyl groups excluding tert-OH is 1. The number of rotatable bonds is 5. The number of benzene rings is 1. The molecule has 2 N–H and O–H groups in total. The Labute approximate surface area is 153 Å². The van der Waals surface area contributed by atoms with Gasteiger partial charge in [0.1, 0.15) is 4.60 Å². The van der Waals surface area contributed by atoms with Crippen molar-refractivity contribution >= 4 is 39.0 Å².